The minimum Gasteiger partial charge on any atom is -0.465 e. The number of esters is 1. The summed E-state index contributed by atoms with van der Waals surface area (Å²) in [6.45, 7) is 8.74. The smallest absolute Gasteiger partial charge is 0.323 e. The third-order valence-corrected chi connectivity index (χ3v) is 1.89. The molecule has 1 unspecified atom stereocenters. The summed E-state index contributed by atoms with van der Waals surface area (Å²) in [4.78, 5) is 11.4. The summed E-state index contributed by atoms with van der Waals surface area (Å²) < 4.78 is 4.96. The Morgan fingerprint density at radius 1 is 1.57 bits per heavy atom. The van der Waals surface area contributed by atoms with Gasteiger partial charge in [0.05, 0.1) is 6.61 Å². The molecule has 0 saturated heterocycles. The highest BCUT2D eigenvalue weighted by molar-refractivity contribution is 5.75. The predicted molar refractivity (Wildman–Crippen MR) is 58.1 cm³/mol. The van der Waals surface area contributed by atoms with Crippen LogP contribution in [0.4, 0.5) is 0 Å². The average molecular weight is 199 g/mol. The lowest BCUT2D eigenvalue weighted by Gasteiger charge is -2.15. The lowest BCUT2D eigenvalue weighted by Crippen LogP contribution is -2.38. The molecule has 0 heterocycles. The molecule has 0 saturated carbocycles. The largest absolute Gasteiger partial charge is 0.465 e. The zero-order chi connectivity index (χ0) is 10.8. The summed E-state index contributed by atoms with van der Waals surface area (Å²) in [5.41, 5.74) is 0. The zero-order valence-electron chi connectivity index (χ0n) is 9.21. The summed E-state index contributed by atoms with van der Waals surface area (Å²) in [6, 6.07) is -0.153. The lowest BCUT2D eigenvalue weighted by atomic mass is 10.1. The third-order valence-electron chi connectivity index (χ3n) is 1.89. The minimum atomic E-state index is -0.153. The predicted octanol–water partition coefficient (Wildman–Crippen LogP) is 1.88. The number of nitrogens with one attached hydrogen (secondary N) is 1. The molecule has 0 aliphatic rings. The monoisotopic (exact) mass is 199 g/mol. The number of hydrogen-bond donors (Lipinski definition) is 1. The van der Waals surface area contributed by atoms with E-state index < -0.39 is 0 Å². The van der Waals surface area contributed by atoms with E-state index in [1.807, 2.05) is 13.0 Å². The Balaban J connectivity index is 3.86. The van der Waals surface area contributed by atoms with Gasteiger partial charge in [-0.3, -0.25) is 4.79 Å². The second-order valence-corrected chi connectivity index (χ2v) is 3.12. The van der Waals surface area contributed by atoms with Gasteiger partial charge in [0.1, 0.15) is 6.04 Å². The van der Waals surface area contributed by atoms with Gasteiger partial charge in [-0.2, -0.15) is 0 Å². The third kappa shape index (κ3) is 5.75. The summed E-state index contributed by atoms with van der Waals surface area (Å²) in [7, 11) is 0. The van der Waals surface area contributed by atoms with Crippen molar-refractivity contribution in [1.29, 1.82) is 0 Å². The number of hydrogen-bond acceptors (Lipinski definition) is 3. The van der Waals surface area contributed by atoms with Gasteiger partial charge < -0.3 is 10.1 Å². The SMILES string of the molecule is C=CCCNC(CCC)C(=O)OCC. The van der Waals surface area contributed by atoms with Crippen LogP contribution in [0.25, 0.3) is 0 Å². The number of carbonyl (C=O) groups excluding carboxylic acids is 1. The Morgan fingerprint density at radius 2 is 2.29 bits per heavy atom. The molecule has 0 fully saturated rings. The van der Waals surface area contributed by atoms with E-state index in [-0.39, 0.29) is 12.0 Å². The fourth-order valence-corrected chi connectivity index (χ4v) is 1.19. The van der Waals surface area contributed by atoms with Crippen molar-refractivity contribution < 1.29 is 9.53 Å². The van der Waals surface area contributed by atoms with Crippen LogP contribution in [-0.4, -0.2) is 25.2 Å². The molecule has 0 spiro atoms. The van der Waals surface area contributed by atoms with E-state index >= 15 is 0 Å². The molecule has 3 nitrogen and oxygen atoms in total. The standard InChI is InChI=1S/C11H21NO2/c1-4-7-9-12-10(8-5-2)11(13)14-6-3/h4,10,12H,1,5-9H2,2-3H3. The molecule has 1 N–H and O–H groups in total. The van der Waals surface area contributed by atoms with Gasteiger partial charge >= 0.3 is 5.97 Å². The van der Waals surface area contributed by atoms with Gasteiger partial charge in [0.2, 0.25) is 0 Å². The number of rotatable bonds is 8. The van der Waals surface area contributed by atoms with Gasteiger partial charge in [-0.15, -0.1) is 6.58 Å². The molecule has 0 bridgehead atoms. The summed E-state index contributed by atoms with van der Waals surface area (Å²) in [5.74, 6) is -0.140. The molecular weight excluding hydrogens is 178 g/mol. The van der Waals surface area contributed by atoms with E-state index in [4.69, 9.17) is 4.74 Å². The molecule has 0 aromatic rings. The van der Waals surface area contributed by atoms with Crippen LogP contribution in [0.15, 0.2) is 12.7 Å². The highest BCUT2D eigenvalue weighted by Crippen LogP contribution is 1.99. The Morgan fingerprint density at radius 3 is 2.79 bits per heavy atom. The molecule has 0 amide bonds. The highest BCUT2D eigenvalue weighted by Gasteiger charge is 2.16. The van der Waals surface area contributed by atoms with Gasteiger partial charge in [-0.05, 0) is 26.3 Å². The maximum atomic E-state index is 11.4. The van der Waals surface area contributed by atoms with E-state index in [1.54, 1.807) is 0 Å². The molecule has 14 heavy (non-hydrogen) atoms. The summed E-state index contributed by atoms with van der Waals surface area (Å²) >= 11 is 0. The molecule has 3 heteroatoms. The molecule has 0 rings (SSSR count). The maximum absolute atomic E-state index is 11.4. The van der Waals surface area contributed by atoms with Crippen LogP contribution in [0.3, 0.4) is 0 Å². The molecule has 0 aromatic heterocycles. The Labute approximate surface area is 86.5 Å². The second kappa shape index (κ2) is 8.75. The number of ether oxygens (including phenoxy) is 1. The quantitative estimate of drug-likeness (QED) is 0.368. The van der Waals surface area contributed by atoms with Crippen LogP contribution in [-0.2, 0) is 9.53 Å². The first-order valence-electron chi connectivity index (χ1n) is 5.27. The Kier molecular flexibility index (Phi) is 8.24. The molecule has 0 aliphatic heterocycles. The molecule has 82 valence electrons. The van der Waals surface area contributed by atoms with Gasteiger partial charge in [-0.25, -0.2) is 0 Å². The van der Waals surface area contributed by atoms with Crippen LogP contribution < -0.4 is 5.32 Å². The fourth-order valence-electron chi connectivity index (χ4n) is 1.19. The lowest BCUT2D eigenvalue weighted by molar-refractivity contribution is -0.145. The molecule has 0 aromatic carbocycles. The average Bonchev–Trinajstić information content (AvgIpc) is 2.17. The van der Waals surface area contributed by atoms with Crippen molar-refractivity contribution in [1.82, 2.24) is 5.32 Å². The van der Waals surface area contributed by atoms with Gasteiger partial charge in [0, 0.05) is 0 Å². The first-order valence-corrected chi connectivity index (χ1v) is 5.27. The van der Waals surface area contributed by atoms with Crippen molar-refractivity contribution in [3.8, 4) is 0 Å². The van der Waals surface area contributed by atoms with Crippen molar-refractivity contribution in [2.45, 2.75) is 39.2 Å². The van der Waals surface area contributed by atoms with Crippen molar-refractivity contribution >= 4 is 5.97 Å². The Bertz CT molecular complexity index is 169. The summed E-state index contributed by atoms with van der Waals surface area (Å²) in [6.07, 6.45) is 4.52. The normalized spacial score (nSPS) is 12.1. The molecule has 0 radical (unpaired) electrons. The maximum Gasteiger partial charge on any atom is 0.323 e. The molecular formula is C11H21NO2. The van der Waals surface area contributed by atoms with E-state index in [2.05, 4.69) is 18.8 Å². The van der Waals surface area contributed by atoms with Crippen molar-refractivity contribution in [3.05, 3.63) is 12.7 Å². The van der Waals surface area contributed by atoms with E-state index in [0.717, 1.165) is 25.8 Å². The van der Waals surface area contributed by atoms with E-state index in [9.17, 15) is 4.79 Å². The van der Waals surface area contributed by atoms with E-state index in [1.165, 1.54) is 0 Å². The summed E-state index contributed by atoms with van der Waals surface area (Å²) in [5, 5.41) is 3.16. The van der Waals surface area contributed by atoms with Crippen LogP contribution in [0.2, 0.25) is 0 Å². The first-order chi connectivity index (χ1) is 6.76. The van der Waals surface area contributed by atoms with Crippen LogP contribution in [0.5, 0.6) is 0 Å². The first kappa shape index (κ1) is 13.2. The van der Waals surface area contributed by atoms with E-state index in [0.29, 0.717) is 6.61 Å². The Hall–Kier alpha value is -0.830. The number of carbonyl (C=O) groups is 1. The minimum absolute atomic E-state index is 0.140. The van der Waals surface area contributed by atoms with Crippen molar-refractivity contribution in [2.24, 2.45) is 0 Å². The fraction of sp³-hybridized carbons (Fsp3) is 0.727. The molecule has 1 atom stereocenters. The van der Waals surface area contributed by atoms with Crippen LogP contribution in [0, 0.1) is 0 Å². The van der Waals surface area contributed by atoms with Crippen molar-refractivity contribution in [3.63, 3.8) is 0 Å². The second-order valence-electron chi connectivity index (χ2n) is 3.12. The van der Waals surface area contributed by atoms with Gasteiger partial charge in [0.15, 0.2) is 0 Å². The topological polar surface area (TPSA) is 38.3 Å². The van der Waals surface area contributed by atoms with Gasteiger partial charge in [-0.1, -0.05) is 19.4 Å². The zero-order valence-corrected chi connectivity index (χ0v) is 9.21. The van der Waals surface area contributed by atoms with Crippen molar-refractivity contribution in [2.75, 3.05) is 13.2 Å². The van der Waals surface area contributed by atoms with Crippen LogP contribution in [0.1, 0.15) is 33.1 Å². The van der Waals surface area contributed by atoms with Gasteiger partial charge in [0.25, 0.3) is 0 Å². The molecule has 0 aliphatic carbocycles. The van der Waals surface area contributed by atoms with Crippen LogP contribution >= 0.6 is 0 Å². The highest BCUT2D eigenvalue weighted by atomic mass is 16.5.